The molecule has 0 saturated heterocycles. The first-order valence-electron chi connectivity index (χ1n) is 3.03. The summed E-state index contributed by atoms with van der Waals surface area (Å²) in [5.41, 5.74) is -5.38. The molecular weight excluding hydrogens is 209 g/mol. The van der Waals surface area contributed by atoms with Crippen molar-refractivity contribution in [1.82, 2.24) is 0 Å². The summed E-state index contributed by atoms with van der Waals surface area (Å²) in [5.74, 6) is 0. The molecule has 7 heteroatoms. The number of aliphatic hydroxyl groups is 1. The molecule has 0 amide bonds. The second-order valence-corrected chi connectivity index (χ2v) is 4.13. The maximum Gasteiger partial charge on any atom is 0.498 e. The van der Waals surface area contributed by atoms with Gasteiger partial charge >= 0.3 is 5.51 Å². The monoisotopic (exact) mass is 213 g/mol. The molecule has 0 aliphatic heterocycles. The van der Waals surface area contributed by atoms with E-state index < -0.39 is 26.7 Å². The smallest absolute Gasteiger partial charge is 0.385 e. The molecule has 73 valence electrons. The Kier molecular flexibility index (Phi) is 2.59. The molecule has 0 aromatic heterocycles. The second kappa shape index (κ2) is 3.13. The van der Waals surface area contributed by atoms with Gasteiger partial charge in [-0.25, -0.2) is 8.42 Å². The lowest BCUT2D eigenvalue weighted by atomic mass is 10.3. The van der Waals surface area contributed by atoms with E-state index in [1.54, 1.807) is 0 Å². The third-order valence-corrected chi connectivity index (χ3v) is 2.88. The molecule has 1 rings (SSSR count). The van der Waals surface area contributed by atoms with E-state index in [0.29, 0.717) is 6.42 Å². The lowest BCUT2D eigenvalue weighted by molar-refractivity contribution is -0.0434. The maximum absolute atomic E-state index is 11.9. The second-order valence-electron chi connectivity index (χ2n) is 2.22. The number of halogens is 3. The van der Waals surface area contributed by atoms with Gasteiger partial charge in [-0.15, -0.1) is 0 Å². The van der Waals surface area contributed by atoms with Gasteiger partial charge in [-0.3, -0.25) is 0 Å². The molecule has 0 unspecified atom stereocenters. The number of sulfone groups is 1. The van der Waals surface area contributed by atoms with Gasteiger partial charge in [0.15, 0.2) is 0 Å². The average molecular weight is 213 g/mol. The molecule has 1 aliphatic carbocycles. The van der Waals surface area contributed by atoms with Crippen LogP contribution in [0.4, 0.5) is 13.2 Å². The number of alkyl halides is 3. The van der Waals surface area contributed by atoms with Crippen LogP contribution in [-0.4, -0.2) is 19.0 Å². The average Bonchev–Trinajstić information content (AvgIpc) is 2.32. The zero-order valence-electron chi connectivity index (χ0n) is 6.04. The van der Waals surface area contributed by atoms with Crippen LogP contribution >= 0.6 is 0 Å². The molecule has 1 aliphatic rings. The van der Waals surface area contributed by atoms with Crippen molar-refractivity contribution >= 4 is 9.84 Å². The van der Waals surface area contributed by atoms with Crippen molar-refractivity contribution in [2.24, 2.45) is 0 Å². The minimum absolute atomic E-state index is 0.693. The minimum atomic E-state index is -5.41. The molecule has 5 radical (unpaired) electrons. The standard InChI is InChI=1S/C6H4F3O3S/c7-6(8,9)13(11,12)5-3-1-2-4(5)10/h1-3,10H. The SMILES string of the molecule is O=S(=O)([C]1[CH][CH][CH][C]1O)C(F)(F)F. The van der Waals surface area contributed by atoms with Crippen LogP contribution in [0.25, 0.3) is 0 Å². The fourth-order valence-electron chi connectivity index (χ4n) is 0.746. The van der Waals surface area contributed by atoms with Crippen molar-refractivity contribution in [3.05, 3.63) is 30.6 Å². The van der Waals surface area contributed by atoms with Crippen molar-refractivity contribution in [1.29, 1.82) is 0 Å². The van der Waals surface area contributed by atoms with Gasteiger partial charge in [0.1, 0.15) is 11.4 Å². The zero-order chi connectivity index (χ0) is 10.3. The highest BCUT2D eigenvalue weighted by molar-refractivity contribution is 7.95. The molecular formula is C6H4F3O3S. The van der Waals surface area contributed by atoms with Crippen LogP contribution in [0.3, 0.4) is 0 Å². The van der Waals surface area contributed by atoms with Gasteiger partial charge in [-0.2, -0.15) is 13.2 Å². The van der Waals surface area contributed by atoms with E-state index in [1.807, 2.05) is 0 Å². The van der Waals surface area contributed by atoms with E-state index in [2.05, 4.69) is 0 Å². The summed E-state index contributed by atoms with van der Waals surface area (Å²) >= 11 is 0. The topological polar surface area (TPSA) is 54.4 Å². The Bertz CT molecular complexity index is 282. The molecule has 13 heavy (non-hydrogen) atoms. The van der Waals surface area contributed by atoms with Gasteiger partial charge in [0.05, 0.1) is 0 Å². The van der Waals surface area contributed by atoms with Crippen LogP contribution in [-0.2, 0) is 9.84 Å². The lowest BCUT2D eigenvalue weighted by Gasteiger charge is -2.14. The van der Waals surface area contributed by atoms with Gasteiger partial charge in [-0.1, -0.05) is 0 Å². The lowest BCUT2D eigenvalue weighted by Crippen LogP contribution is -2.30. The van der Waals surface area contributed by atoms with Gasteiger partial charge in [0.2, 0.25) is 0 Å². The van der Waals surface area contributed by atoms with Gasteiger partial charge < -0.3 is 5.11 Å². The van der Waals surface area contributed by atoms with Crippen LogP contribution in [0.1, 0.15) is 0 Å². The molecule has 1 fully saturated rings. The summed E-state index contributed by atoms with van der Waals surface area (Å²) in [7, 11) is -5.41. The van der Waals surface area contributed by atoms with Crippen molar-refractivity contribution in [3.63, 3.8) is 0 Å². The minimum Gasteiger partial charge on any atom is -0.385 e. The van der Waals surface area contributed by atoms with Crippen molar-refractivity contribution in [2.75, 3.05) is 0 Å². The molecule has 0 aromatic carbocycles. The van der Waals surface area contributed by atoms with E-state index in [-0.39, 0.29) is 0 Å². The molecule has 0 aromatic rings. The van der Waals surface area contributed by atoms with E-state index in [0.717, 1.165) is 12.8 Å². The predicted molar refractivity (Wildman–Crippen MR) is 36.3 cm³/mol. The number of aliphatic hydroxyl groups excluding tert-OH is 1. The Balaban J connectivity index is 2.94. The summed E-state index contributed by atoms with van der Waals surface area (Å²) in [4.78, 5) is 0. The first-order chi connectivity index (χ1) is 5.77. The Morgan fingerprint density at radius 2 is 1.77 bits per heavy atom. The Hall–Kier alpha value is -0.300. The number of rotatable bonds is 1. The molecule has 1 saturated carbocycles. The fraction of sp³-hybridized carbons (Fsp3) is 0.167. The first-order valence-corrected chi connectivity index (χ1v) is 4.51. The Labute approximate surface area is 73.5 Å². The summed E-state index contributed by atoms with van der Waals surface area (Å²) in [6.07, 6.45) is 1.70. The molecule has 0 heterocycles. The van der Waals surface area contributed by atoms with E-state index in [9.17, 15) is 21.6 Å². The molecule has 0 bridgehead atoms. The van der Waals surface area contributed by atoms with Crippen LogP contribution in [0, 0.1) is 30.6 Å². The highest BCUT2D eigenvalue weighted by Crippen LogP contribution is 2.42. The summed E-state index contributed by atoms with van der Waals surface area (Å²) in [5, 5.41) is 7.66. The fourth-order valence-corrected chi connectivity index (χ4v) is 1.60. The van der Waals surface area contributed by atoms with E-state index in [4.69, 9.17) is 5.11 Å². The molecule has 3 nitrogen and oxygen atoms in total. The van der Waals surface area contributed by atoms with Crippen LogP contribution in [0.5, 0.6) is 0 Å². The quantitative estimate of drug-likeness (QED) is 0.706. The molecule has 1 N–H and O–H groups in total. The zero-order valence-corrected chi connectivity index (χ0v) is 6.85. The largest absolute Gasteiger partial charge is 0.498 e. The van der Waals surface area contributed by atoms with E-state index in [1.165, 1.54) is 0 Å². The highest BCUT2D eigenvalue weighted by atomic mass is 32.2. The third-order valence-electron chi connectivity index (χ3n) is 1.35. The molecule has 0 atom stereocenters. The van der Waals surface area contributed by atoms with Gasteiger partial charge in [0, 0.05) is 6.42 Å². The van der Waals surface area contributed by atoms with Crippen molar-refractivity contribution in [2.45, 2.75) is 5.51 Å². The summed E-state index contributed by atoms with van der Waals surface area (Å²) in [6.45, 7) is 0. The number of hydrogen-bond donors (Lipinski definition) is 1. The number of hydrogen-bond acceptors (Lipinski definition) is 3. The van der Waals surface area contributed by atoms with Gasteiger partial charge in [0.25, 0.3) is 9.84 Å². The maximum atomic E-state index is 11.9. The van der Waals surface area contributed by atoms with Crippen molar-refractivity contribution < 1.29 is 26.7 Å². The van der Waals surface area contributed by atoms with Crippen LogP contribution in [0.2, 0.25) is 0 Å². The molecule has 0 spiro atoms. The summed E-state index contributed by atoms with van der Waals surface area (Å²) < 4.78 is 56.9. The van der Waals surface area contributed by atoms with Gasteiger partial charge in [-0.05, 0) is 12.8 Å². The Morgan fingerprint density at radius 3 is 2.08 bits per heavy atom. The van der Waals surface area contributed by atoms with E-state index >= 15 is 0 Å². The van der Waals surface area contributed by atoms with Crippen molar-refractivity contribution in [3.8, 4) is 0 Å². The summed E-state index contributed by atoms with van der Waals surface area (Å²) in [6, 6.07) is 0. The predicted octanol–water partition coefficient (Wildman–Crippen LogP) is 0.984. The van der Waals surface area contributed by atoms with Crippen LogP contribution < -0.4 is 0 Å². The highest BCUT2D eigenvalue weighted by Gasteiger charge is 2.55. The Morgan fingerprint density at radius 1 is 1.23 bits per heavy atom. The van der Waals surface area contributed by atoms with Crippen LogP contribution in [0.15, 0.2) is 0 Å². The first kappa shape index (κ1) is 10.8. The normalized spacial score (nSPS) is 22.5. The third kappa shape index (κ3) is 1.80.